The molecule has 1 saturated heterocycles. The van der Waals surface area contributed by atoms with Crippen LogP contribution < -0.4 is 10.2 Å². The Morgan fingerprint density at radius 2 is 1.81 bits per heavy atom. The maximum absolute atomic E-state index is 13.4. The fourth-order valence-corrected chi connectivity index (χ4v) is 3.35. The van der Waals surface area contributed by atoms with E-state index in [0.29, 0.717) is 56.7 Å². The largest absolute Gasteiger partial charge is 0.378 e. The van der Waals surface area contributed by atoms with Gasteiger partial charge < -0.3 is 15.0 Å². The molecule has 0 atom stereocenters. The van der Waals surface area contributed by atoms with E-state index in [1.807, 2.05) is 0 Å². The van der Waals surface area contributed by atoms with Crippen LogP contribution in [0.3, 0.4) is 0 Å². The van der Waals surface area contributed by atoms with Crippen LogP contribution >= 0.6 is 0 Å². The molecule has 0 radical (unpaired) electrons. The number of morpholine rings is 1. The number of alkyl halides is 2. The zero-order chi connectivity index (χ0) is 18.9. The highest BCUT2D eigenvalue weighted by atomic mass is 19.3. The van der Waals surface area contributed by atoms with Gasteiger partial charge in [0, 0.05) is 50.3 Å². The summed E-state index contributed by atoms with van der Waals surface area (Å²) in [6, 6.07) is 2.86. The van der Waals surface area contributed by atoms with Crippen molar-refractivity contribution in [3.63, 3.8) is 0 Å². The van der Waals surface area contributed by atoms with E-state index in [9.17, 15) is 13.2 Å². The molecular formula is C17H21F3N6O. The van der Waals surface area contributed by atoms with Gasteiger partial charge in [0.05, 0.1) is 13.2 Å². The second kappa shape index (κ2) is 7.34. The van der Waals surface area contributed by atoms with E-state index in [1.165, 1.54) is 16.9 Å². The Morgan fingerprint density at radius 3 is 2.48 bits per heavy atom. The number of ether oxygens (including phenoxy) is 1. The highest BCUT2D eigenvalue weighted by Gasteiger charge is 2.35. The van der Waals surface area contributed by atoms with E-state index in [4.69, 9.17) is 4.74 Å². The molecule has 7 nitrogen and oxygen atoms in total. The van der Waals surface area contributed by atoms with Crippen LogP contribution in [0.4, 0.5) is 24.9 Å². The van der Waals surface area contributed by atoms with Gasteiger partial charge in [-0.3, -0.25) is 0 Å². The van der Waals surface area contributed by atoms with Crippen molar-refractivity contribution in [3.05, 3.63) is 24.3 Å². The summed E-state index contributed by atoms with van der Waals surface area (Å²) in [6.45, 7) is 2.55. The van der Waals surface area contributed by atoms with E-state index in [1.54, 1.807) is 6.07 Å². The van der Waals surface area contributed by atoms with Crippen LogP contribution in [0.25, 0.3) is 5.82 Å². The zero-order valence-corrected chi connectivity index (χ0v) is 14.7. The quantitative estimate of drug-likeness (QED) is 0.877. The lowest BCUT2D eigenvalue weighted by molar-refractivity contribution is -0.0361. The van der Waals surface area contributed by atoms with Crippen LogP contribution in [0.5, 0.6) is 0 Å². The lowest BCUT2D eigenvalue weighted by atomic mass is 9.92. The molecule has 1 aliphatic heterocycles. The predicted molar refractivity (Wildman–Crippen MR) is 93.0 cm³/mol. The fraction of sp³-hybridized carbons (Fsp3) is 0.588. The second-order valence-corrected chi connectivity index (χ2v) is 6.86. The van der Waals surface area contributed by atoms with Gasteiger partial charge in [-0.25, -0.2) is 13.5 Å². The average Bonchev–Trinajstić information content (AvgIpc) is 3.10. The molecule has 4 rings (SSSR count). The third-order valence-electron chi connectivity index (χ3n) is 4.88. The molecule has 0 amide bonds. The summed E-state index contributed by atoms with van der Waals surface area (Å²) in [6.07, 6.45) is 1.88. The molecule has 1 aliphatic carbocycles. The normalized spacial score (nSPS) is 20.6. The van der Waals surface area contributed by atoms with Crippen molar-refractivity contribution >= 4 is 11.8 Å². The number of nitrogens with zero attached hydrogens (tertiary/aromatic N) is 5. The molecule has 3 heterocycles. The number of nitrogens with one attached hydrogen (secondary N) is 1. The molecule has 2 aromatic heterocycles. The second-order valence-electron chi connectivity index (χ2n) is 6.86. The molecular weight excluding hydrogens is 361 g/mol. The van der Waals surface area contributed by atoms with Gasteiger partial charge in [-0.15, -0.1) is 5.10 Å². The molecule has 1 N–H and O–H groups in total. The van der Waals surface area contributed by atoms with Crippen molar-refractivity contribution in [3.8, 4) is 5.82 Å². The molecule has 0 spiro atoms. The molecule has 27 heavy (non-hydrogen) atoms. The Balaban J connectivity index is 1.59. The van der Waals surface area contributed by atoms with E-state index in [2.05, 4.69) is 25.3 Å². The molecule has 1 saturated carbocycles. The molecule has 0 bridgehead atoms. The summed E-state index contributed by atoms with van der Waals surface area (Å²) >= 11 is 0. The van der Waals surface area contributed by atoms with E-state index in [-0.39, 0.29) is 18.9 Å². The number of anilines is 2. The van der Waals surface area contributed by atoms with Crippen molar-refractivity contribution < 1.29 is 17.9 Å². The van der Waals surface area contributed by atoms with Crippen molar-refractivity contribution in [1.29, 1.82) is 0 Å². The summed E-state index contributed by atoms with van der Waals surface area (Å²) in [5, 5.41) is 6.93. The van der Waals surface area contributed by atoms with Crippen LogP contribution in [-0.4, -0.2) is 58.0 Å². The Hall–Kier alpha value is -2.36. The third-order valence-corrected chi connectivity index (χ3v) is 4.88. The van der Waals surface area contributed by atoms with Gasteiger partial charge in [-0.05, 0) is 12.8 Å². The van der Waals surface area contributed by atoms with Crippen molar-refractivity contribution in [1.82, 2.24) is 19.7 Å². The molecule has 0 unspecified atom stereocenters. The summed E-state index contributed by atoms with van der Waals surface area (Å²) in [4.78, 5) is 11.0. The molecule has 10 heteroatoms. The molecule has 146 valence electrons. The fourth-order valence-electron chi connectivity index (χ4n) is 3.35. The smallest absolute Gasteiger partial charge is 0.248 e. The standard InChI is InChI=1S/C17H21F3N6O/c18-13-3-6-26(24-13)15-11-14(25-7-9-27-10-8-25)22-16(23-15)21-12-1-4-17(19,20)5-2-12/h3,6,11-12H,1-2,4-5,7-10H2,(H,21,22,23). The molecule has 2 aromatic rings. The molecule has 0 aromatic carbocycles. The van der Waals surface area contributed by atoms with E-state index < -0.39 is 11.9 Å². The van der Waals surface area contributed by atoms with Gasteiger partial charge in [0.2, 0.25) is 17.8 Å². The number of hydrogen-bond acceptors (Lipinski definition) is 6. The lowest BCUT2D eigenvalue weighted by Crippen LogP contribution is -2.37. The molecule has 2 fully saturated rings. The SMILES string of the molecule is Fc1ccn(-c2cc(N3CCOCC3)nc(NC3CCC(F)(F)CC3)n2)n1. The van der Waals surface area contributed by atoms with Gasteiger partial charge in [-0.2, -0.15) is 14.4 Å². The first-order valence-electron chi connectivity index (χ1n) is 9.06. The highest BCUT2D eigenvalue weighted by Crippen LogP contribution is 2.34. The van der Waals surface area contributed by atoms with Crippen molar-refractivity contribution in [2.75, 3.05) is 36.5 Å². The van der Waals surface area contributed by atoms with Crippen molar-refractivity contribution in [2.45, 2.75) is 37.6 Å². The Labute approximate surface area is 154 Å². The maximum Gasteiger partial charge on any atom is 0.248 e. The Kier molecular flexibility index (Phi) is 4.90. The van der Waals surface area contributed by atoms with E-state index in [0.717, 1.165) is 0 Å². The average molecular weight is 382 g/mol. The first-order valence-corrected chi connectivity index (χ1v) is 9.06. The first-order chi connectivity index (χ1) is 13.0. The Morgan fingerprint density at radius 1 is 1.11 bits per heavy atom. The summed E-state index contributed by atoms with van der Waals surface area (Å²) < 4.78 is 46.8. The van der Waals surface area contributed by atoms with Crippen LogP contribution in [0.1, 0.15) is 25.7 Å². The highest BCUT2D eigenvalue weighted by molar-refractivity contribution is 5.49. The topological polar surface area (TPSA) is 68.1 Å². The molecule has 2 aliphatic rings. The van der Waals surface area contributed by atoms with Crippen molar-refractivity contribution in [2.24, 2.45) is 0 Å². The third kappa shape index (κ3) is 4.32. The summed E-state index contributed by atoms with van der Waals surface area (Å²) in [7, 11) is 0. The zero-order valence-electron chi connectivity index (χ0n) is 14.7. The first kappa shape index (κ1) is 18.0. The van der Waals surface area contributed by atoms with Gasteiger partial charge >= 0.3 is 0 Å². The monoisotopic (exact) mass is 382 g/mol. The maximum atomic E-state index is 13.4. The number of rotatable bonds is 4. The number of halogens is 3. The van der Waals surface area contributed by atoms with Crippen LogP contribution in [0.2, 0.25) is 0 Å². The van der Waals surface area contributed by atoms with Gasteiger partial charge in [-0.1, -0.05) is 0 Å². The minimum atomic E-state index is -2.59. The summed E-state index contributed by atoms with van der Waals surface area (Å²) in [5.41, 5.74) is 0. The Bertz CT molecular complexity index is 783. The minimum Gasteiger partial charge on any atom is -0.378 e. The number of aromatic nitrogens is 4. The minimum absolute atomic E-state index is 0.119. The van der Waals surface area contributed by atoms with Crippen LogP contribution in [0.15, 0.2) is 18.3 Å². The van der Waals surface area contributed by atoms with E-state index >= 15 is 0 Å². The van der Waals surface area contributed by atoms with Crippen LogP contribution in [0, 0.1) is 5.95 Å². The lowest BCUT2D eigenvalue weighted by Gasteiger charge is -2.30. The predicted octanol–water partition coefficient (Wildman–Crippen LogP) is 2.63. The number of hydrogen-bond donors (Lipinski definition) is 1. The van der Waals surface area contributed by atoms with Gasteiger partial charge in [0.15, 0.2) is 5.82 Å². The van der Waals surface area contributed by atoms with Crippen LogP contribution in [-0.2, 0) is 4.74 Å². The summed E-state index contributed by atoms with van der Waals surface area (Å²) in [5.74, 6) is -1.78. The van der Waals surface area contributed by atoms with Gasteiger partial charge in [0.1, 0.15) is 5.82 Å². The van der Waals surface area contributed by atoms with Gasteiger partial charge in [0.25, 0.3) is 0 Å².